The third-order valence-corrected chi connectivity index (χ3v) is 5.88. The van der Waals surface area contributed by atoms with Crippen molar-refractivity contribution in [3.8, 4) is 0 Å². The van der Waals surface area contributed by atoms with Gasteiger partial charge in [-0.05, 0) is 62.7 Å². The van der Waals surface area contributed by atoms with Crippen LogP contribution < -0.4 is 11.1 Å². The van der Waals surface area contributed by atoms with Crippen LogP contribution in [0, 0.1) is 11.7 Å². The molecule has 1 saturated heterocycles. The average Bonchev–Trinajstić information content (AvgIpc) is 3.24. The van der Waals surface area contributed by atoms with Gasteiger partial charge in [0.05, 0.1) is 22.7 Å². The molecule has 0 saturated carbocycles. The number of hydrogen-bond donors (Lipinski definition) is 2. The second-order valence-corrected chi connectivity index (χ2v) is 9.57. The fourth-order valence-corrected chi connectivity index (χ4v) is 4.33. The zero-order chi connectivity index (χ0) is 25.3. The third kappa shape index (κ3) is 5.24. The van der Waals surface area contributed by atoms with E-state index in [0.717, 1.165) is 0 Å². The first-order valence-corrected chi connectivity index (χ1v) is 11.3. The van der Waals surface area contributed by atoms with Crippen LogP contribution in [0.1, 0.15) is 42.6 Å². The number of halogens is 1. The molecule has 1 aliphatic rings. The number of likely N-dealkylation sites (tertiary alicyclic amines) is 1. The summed E-state index contributed by atoms with van der Waals surface area (Å²) in [6.45, 7) is 5.62. The number of nitrogens with zero attached hydrogens (tertiary/aromatic N) is 2. The molecule has 0 bridgehead atoms. The second kappa shape index (κ2) is 9.32. The van der Waals surface area contributed by atoms with E-state index in [0.29, 0.717) is 22.2 Å². The number of carbonyl (C=O) groups is 3. The van der Waals surface area contributed by atoms with Crippen molar-refractivity contribution in [1.82, 2.24) is 9.88 Å². The summed E-state index contributed by atoms with van der Waals surface area (Å²) >= 11 is 0. The minimum absolute atomic E-state index is 0.109. The van der Waals surface area contributed by atoms with Crippen molar-refractivity contribution in [2.75, 3.05) is 18.4 Å². The number of aromatic nitrogens is 1. The Labute approximate surface area is 202 Å². The van der Waals surface area contributed by atoms with Gasteiger partial charge < -0.3 is 20.7 Å². The Hall–Kier alpha value is -4.01. The van der Waals surface area contributed by atoms with Crippen molar-refractivity contribution in [1.29, 1.82) is 0 Å². The van der Waals surface area contributed by atoms with Gasteiger partial charge in [0.25, 0.3) is 5.91 Å². The molecule has 3 aromatic rings. The Bertz CT molecular complexity index is 1300. The highest BCUT2D eigenvalue weighted by Gasteiger charge is 2.42. The molecular formula is C26H27FN4O4. The number of ether oxygens (including phenoxy) is 1. The minimum atomic E-state index is -0.695. The number of carbonyl (C=O) groups excluding carboxylic acids is 3. The molecule has 3 amide bonds. The summed E-state index contributed by atoms with van der Waals surface area (Å²) in [5, 5.41) is 3.47. The molecule has 0 spiro atoms. The van der Waals surface area contributed by atoms with E-state index in [1.807, 2.05) is 0 Å². The minimum Gasteiger partial charge on any atom is -0.444 e. The van der Waals surface area contributed by atoms with E-state index in [2.05, 4.69) is 10.3 Å². The van der Waals surface area contributed by atoms with E-state index >= 15 is 0 Å². The zero-order valence-corrected chi connectivity index (χ0v) is 19.7. The largest absolute Gasteiger partial charge is 0.444 e. The molecule has 8 nitrogen and oxygen atoms in total. The number of amides is 3. The molecule has 2 aromatic carbocycles. The number of fused-ring (bicyclic) bond motifs is 1. The van der Waals surface area contributed by atoms with Crippen LogP contribution in [0.25, 0.3) is 10.9 Å². The number of primary amides is 1. The van der Waals surface area contributed by atoms with Crippen LogP contribution in [0.3, 0.4) is 0 Å². The summed E-state index contributed by atoms with van der Waals surface area (Å²) in [7, 11) is 0. The lowest BCUT2D eigenvalue weighted by Crippen LogP contribution is -2.36. The van der Waals surface area contributed by atoms with Crippen molar-refractivity contribution in [3.63, 3.8) is 0 Å². The first-order chi connectivity index (χ1) is 16.5. The van der Waals surface area contributed by atoms with E-state index in [4.69, 9.17) is 10.5 Å². The number of benzene rings is 2. The molecule has 2 heterocycles. The summed E-state index contributed by atoms with van der Waals surface area (Å²) in [6.07, 6.45) is 1.01. The SMILES string of the molecule is CC(C)(C)OC(=O)N1CC(C(=O)Nc2ccc(C(N)=O)c3ncccc23)C(c2cccc(F)c2)C1. The molecule has 1 aliphatic heterocycles. The first-order valence-electron chi connectivity index (χ1n) is 11.3. The molecule has 1 aromatic heterocycles. The Morgan fingerprint density at radius 1 is 1.11 bits per heavy atom. The van der Waals surface area contributed by atoms with Crippen LogP contribution in [0.5, 0.6) is 0 Å². The van der Waals surface area contributed by atoms with E-state index in [-0.39, 0.29) is 24.6 Å². The van der Waals surface area contributed by atoms with Gasteiger partial charge in [-0.3, -0.25) is 14.6 Å². The average molecular weight is 479 g/mol. The van der Waals surface area contributed by atoms with Gasteiger partial charge in [-0.2, -0.15) is 0 Å². The lowest BCUT2D eigenvalue weighted by Gasteiger charge is -2.24. The fraction of sp³-hybridized carbons (Fsp3) is 0.308. The first kappa shape index (κ1) is 24.1. The Morgan fingerprint density at radius 2 is 1.89 bits per heavy atom. The van der Waals surface area contributed by atoms with Crippen molar-refractivity contribution < 1.29 is 23.5 Å². The summed E-state index contributed by atoms with van der Waals surface area (Å²) in [4.78, 5) is 43.8. The number of hydrogen-bond acceptors (Lipinski definition) is 5. The van der Waals surface area contributed by atoms with Gasteiger partial charge in [-0.15, -0.1) is 0 Å². The predicted octanol–water partition coefficient (Wildman–Crippen LogP) is 4.06. The smallest absolute Gasteiger partial charge is 0.410 e. The highest BCUT2D eigenvalue weighted by atomic mass is 19.1. The molecule has 2 atom stereocenters. The maximum Gasteiger partial charge on any atom is 0.410 e. The molecule has 1 fully saturated rings. The van der Waals surface area contributed by atoms with Gasteiger partial charge in [-0.25, -0.2) is 9.18 Å². The number of anilines is 1. The standard InChI is InChI=1S/C26H27FN4O4/c1-26(2,3)35-25(34)31-13-19(15-6-4-7-16(27)12-15)20(14-31)24(33)30-21-10-9-18(23(28)32)22-17(21)8-5-11-29-22/h4-12,19-20H,13-14H2,1-3H3,(H2,28,32)(H,30,33). The Morgan fingerprint density at radius 3 is 2.57 bits per heavy atom. The van der Waals surface area contributed by atoms with Gasteiger partial charge >= 0.3 is 6.09 Å². The fourth-order valence-electron chi connectivity index (χ4n) is 4.33. The van der Waals surface area contributed by atoms with Crippen molar-refractivity contribution in [2.45, 2.75) is 32.3 Å². The monoisotopic (exact) mass is 478 g/mol. The van der Waals surface area contributed by atoms with Crippen molar-refractivity contribution >= 4 is 34.5 Å². The Balaban J connectivity index is 1.65. The molecule has 182 valence electrons. The summed E-state index contributed by atoms with van der Waals surface area (Å²) in [6, 6.07) is 12.6. The van der Waals surface area contributed by atoms with Crippen LogP contribution in [0.2, 0.25) is 0 Å². The van der Waals surface area contributed by atoms with Gasteiger partial charge in [-0.1, -0.05) is 12.1 Å². The van der Waals surface area contributed by atoms with Gasteiger partial charge in [0.15, 0.2) is 0 Å². The summed E-state index contributed by atoms with van der Waals surface area (Å²) in [5.74, 6) is -2.49. The number of nitrogens with two attached hydrogens (primary N) is 1. The van der Waals surface area contributed by atoms with E-state index in [1.54, 1.807) is 51.1 Å². The second-order valence-electron chi connectivity index (χ2n) is 9.57. The van der Waals surface area contributed by atoms with Crippen LogP contribution in [0.15, 0.2) is 54.7 Å². The van der Waals surface area contributed by atoms with Crippen molar-refractivity contribution in [3.05, 3.63) is 71.7 Å². The van der Waals surface area contributed by atoms with E-state index in [1.165, 1.54) is 29.3 Å². The maximum absolute atomic E-state index is 14.0. The topological polar surface area (TPSA) is 115 Å². The normalized spacial score (nSPS) is 17.9. The van der Waals surface area contributed by atoms with Gasteiger partial charge in [0, 0.05) is 30.6 Å². The van der Waals surface area contributed by atoms with Crippen LogP contribution in [-0.2, 0) is 9.53 Å². The van der Waals surface area contributed by atoms with Crippen LogP contribution in [-0.4, -0.2) is 46.5 Å². The van der Waals surface area contributed by atoms with E-state index in [9.17, 15) is 18.8 Å². The quantitative estimate of drug-likeness (QED) is 0.587. The van der Waals surface area contributed by atoms with E-state index < -0.39 is 35.3 Å². The van der Waals surface area contributed by atoms with Gasteiger partial charge in [0.1, 0.15) is 11.4 Å². The molecule has 2 unspecified atom stereocenters. The third-order valence-electron chi connectivity index (χ3n) is 5.88. The number of pyridine rings is 1. The number of rotatable bonds is 4. The highest BCUT2D eigenvalue weighted by Crippen LogP contribution is 2.35. The maximum atomic E-state index is 14.0. The number of nitrogens with one attached hydrogen (secondary N) is 1. The Kier molecular flexibility index (Phi) is 6.43. The lowest BCUT2D eigenvalue weighted by molar-refractivity contribution is -0.119. The van der Waals surface area contributed by atoms with Gasteiger partial charge in [0.2, 0.25) is 5.91 Å². The summed E-state index contributed by atoms with van der Waals surface area (Å²) in [5.41, 5.74) is 6.46. The molecule has 0 radical (unpaired) electrons. The zero-order valence-electron chi connectivity index (χ0n) is 19.7. The van der Waals surface area contributed by atoms with Crippen molar-refractivity contribution in [2.24, 2.45) is 11.7 Å². The lowest BCUT2D eigenvalue weighted by atomic mass is 9.88. The molecule has 35 heavy (non-hydrogen) atoms. The van der Waals surface area contributed by atoms with Crippen LogP contribution in [0.4, 0.5) is 14.9 Å². The summed E-state index contributed by atoms with van der Waals surface area (Å²) < 4.78 is 19.5. The highest BCUT2D eigenvalue weighted by molar-refractivity contribution is 6.10. The molecule has 0 aliphatic carbocycles. The molecular weight excluding hydrogens is 451 g/mol. The molecule has 9 heteroatoms. The predicted molar refractivity (Wildman–Crippen MR) is 129 cm³/mol. The molecule has 3 N–H and O–H groups in total. The van der Waals surface area contributed by atoms with Crippen LogP contribution >= 0.6 is 0 Å². The molecule has 4 rings (SSSR count).